The first kappa shape index (κ1) is 19.7. The summed E-state index contributed by atoms with van der Waals surface area (Å²) in [5.41, 5.74) is 5.30. The van der Waals surface area contributed by atoms with E-state index in [9.17, 15) is 9.59 Å². The Labute approximate surface area is 167 Å². The molecule has 0 saturated carbocycles. The molecule has 3 rings (SSSR count). The molecule has 0 unspecified atom stereocenters. The van der Waals surface area contributed by atoms with Gasteiger partial charge in [-0.15, -0.1) is 11.8 Å². The van der Waals surface area contributed by atoms with E-state index in [4.69, 9.17) is 0 Å². The highest BCUT2D eigenvalue weighted by atomic mass is 32.2. The Morgan fingerprint density at radius 2 is 1.82 bits per heavy atom. The van der Waals surface area contributed by atoms with Gasteiger partial charge in [0, 0.05) is 11.4 Å². The number of hydrazone groups is 1. The fourth-order valence-corrected chi connectivity index (χ4v) is 3.43. The van der Waals surface area contributed by atoms with E-state index in [0.717, 1.165) is 11.4 Å². The number of aromatic amines is 1. The van der Waals surface area contributed by atoms with E-state index in [1.165, 1.54) is 28.2 Å². The van der Waals surface area contributed by atoms with Gasteiger partial charge in [0.15, 0.2) is 0 Å². The summed E-state index contributed by atoms with van der Waals surface area (Å²) in [6.07, 6.45) is 1.39. The zero-order valence-corrected chi connectivity index (χ0v) is 16.6. The smallest absolute Gasteiger partial charge is 0.280 e. The van der Waals surface area contributed by atoms with Crippen molar-refractivity contribution >= 4 is 23.9 Å². The molecule has 0 bridgehead atoms. The maximum absolute atomic E-state index is 12.6. The van der Waals surface area contributed by atoms with Gasteiger partial charge in [-0.25, -0.2) is 10.1 Å². The molecule has 2 aromatic carbocycles. The van der Waals surface area contributed by atoms with Crippen LogP contribution in [0.15, 0.2) is 70.6 Å². The number of carbonyl (C=O) groups excluding carboxylic acids is 1. The van der Waals surface area contributed by atoms with E-state index >= 15 is 0 Å². The average Bonchev–Trinajstić information content (AvgIpc) is 3.01. The number of hydrogen-bond acceptors (Lipinski definition) is 4. The second kappa shape index (κ2) is 9.23. The van der Waals surface area contributed by atoms with Crippen molar-refractivity contribution in [3.8, 4) is 5.69 Å². The van der Waals surface area contributed by atoms with Gasteiger partial charge in [0.05, 0.1) is 22.7 Å². The van der Waals surface area contributed by atoms with E-state index in [-0.39, 0.29) is 16.7 Å². The Morgan fingerprint density at radius 1 is 1.18 bits per heavy atom. The number of thioether (sulfide) groups is 1. The van der Waals surface area contributed by atoms with E-state index in [1.807, 2.05) is 67.6 Å². The minimum absolute atomic E-state index is 0.200. The molecule has 0 saturated heterocycles. The highest BCUT2D eigenvalue weighted by molar-refractivity contribution is 7.99. The average molecular weight is 395 g/mol. The molecule has 1 aromatic heterocycles. The fraction of sp³-hybridized carbons (Fsp3) is 0.190. The minimum Gasteiger partial charge on any atom is -0.295 e. The predicted molar refractivity (Wildman–Crippen MR) is 114 cm³/mol. The number of carbonyl (C=O) groups is 1. The summed E-state index contributed by atoms with van der Waals surface area (Å²) in [7, 11) is 0. The Kier molecular flexibility index (Phi) is 6.49. The van der Waals surface area contributed by atoms with Crippen LogP contribution in [0.4, 0.5) is 0 Å². The summed E-state index contributed by atoms with van der Waals surface area (Å²) in [6, 6.07) is 19.3. The van der Waals surface area contributed by atoms with Gasteiger partial charge in [0.1, 0.15) is 0 Å². The topological polar surface area (TPSA) is 79.2 Å². The van der Waals surface area contributed by atoms with Crippen LogP contribution in [0, 0.1) is 6.92 Å². The van der Waals surface area contributed by atoms with Gasteiger partial charge in [-0.1, -0.05) is 48.5 Å². The quantitative estimate of drug-likeness (QED) is 0.477. The van der Waals surface area contributed by atoms with E-state index in [1.54, 1.807) is 6.92 Å². The number of benzene rings is 2. The number of aryl methyl sites for hydroxylation is 1. The van der Waals surface area contributed by atoms with E-state index < -0.39 is 0 Å². The molecular weight excluding hydrogens is 372 g/mol. The van der Waals surface area contributed by atoms with E-state index in [0.29, 0.717) is 11.3 Å². The van der Waals surface area contributed by atoms with Crippen molar-refractivity contribution in [3.05, 3.63) is 87.8 Å². The first-order valence-electron chi connectivity index (χ1n) is 8.91. The molecule has 144 valence electrons. The first-order chi connectivity index (χ1) is 13.6. The largest absolute Gasteiger partial charge is 0.295 e. The van der Waals surface area contributed by atoms with Crippen LogP contribution in [0.3, 0.4) is 0 Å². The number of H-pyrrole nitrogens is 1. The molecule has 0 aliphatic heterocycles. The van der Waals surface area contributed by atoms with Crippen LogP contribution in [0.2, 0.25) is 0 Å². The number of rotatable bonds is 7. The molecule has 28 heavy (non-hydrogen) atoms. The van der Waals surface area contributed by atoms with E-state index in [2.05, 4.69) is 15.6 Å². The van der Waals surface area contributed by atoms with Crippen molar-refractivity contribution in [3.63, 3.8) is 0 Å². The zero-order chi connectivity index (χ0) is 19.9. The van der Waals surface area contributed by atoms with Crippen molar-refractivity contribution < 1.29 is 4.79 Å². The highest BCUT2D eigenvalue weighted by Gasteiger charge is 2.14. The van der Waals surface area contributed by atoms with Crippen LogP contribution in [0.25, 0.3) is 5.69 Å². The van der Waals surface area contributed by atoms with Gasteiger partial charge < -0.3 is 0 Å². The number of nitrogens with one attached hydrogen (secondary N) is 2. The molecule has 6 nitrogen and oxygen atoms in total. The van der Waals surface area contributed by atoms with Crippen molar-refractivity contribution in [1.29, 1.82) is 0 Å². The van der Waals surface area contributed by atoms with Crippen molar-refractivity contribution in [2.75, 3.05) is 0 Å². The van der Waals surface area contributed by atoms with Crippen LogP contribution in [0.1, 0.15) is 23.7 Å². The molecule has 3 aromatic rings. The monoisotopic (exact) mass is 394 g/mol. The summed E-state index contributed by atoms with van der Waals surface area (Å²) in [5.74, 6) is 0.548. The standard InChI is InChI=1S/C21H22N4O2S/c1-15-19(21(27)25(24-15)18-11-7-4-8-12-18)13-22-23-20(26)16(2)28-14-17-9-5-3-6-10-17/h3-13,16,24H,14H2,1-2H3,(H,23,26)/b22-13-/t16-/m0/s1. The van der Waals surface area contributed by atoms with Gasteiger partial charge in [-0.2, -0.15) is 5.10 Å². The molecule has 0 radical (unpaired) electrons. The number of amides is 1. The lowest BCUT2D eigenvalue weighted by Gasteiger charge is -2.09. The minimum atomic E-state index is -0.259. The summed E-state index contributed by atoms with van der Waals surface area (Å²) in [6.45, 7) is 3.63. The Morgan fingerprint density at radius 3 is 2.50 bits per heavy atom. The lowest BCUT2D eigenvalue weighted by molar-refractivity contribution is -0.120. The summed E-state index contributed by atoms with van der Waals surface area (Å²) in [5, 5.41) is 6.74. The zero-order valence-electron chi connectivity index (χ0n) is 15.8. The number of nitrogens with zero attached hydrogens (tertiary/aromatic N) is 2. The van der Waals surface area contributed by atoms with Crippen LogP contribution in [-0.4, -0.2) is 27.2 Å². The summed E-state index contributed by atoms with van der Waals surface area (Å²) in [4.78, 5) is 24.8. The van der Waals surface area contributed by atoms with Gasteiger partial charge in [0.2, 0.25) is 0 Å². The van der Waals surface area contributed by atoms with Gasteiger partial charge >= 0.3 is 0 Å². The molecule has 1 atom stereocenters. The van der Waals surface area contributed by atoms with Gasteiger partial charge in [-0.05, 0) is 31.5 Å². The SMILES string of the molecule is Cc1[nH]n(-c2ccccc2)c(=O)c1/C=N\NC(=O)[C@H](C)SCc1ccccc1. The van der Waals surface area contributed by atoms with Crippen LogP contribution >= 0.6 is 11.8 Å². The molecule has 0 spiro atoms. The third-order valence-corrected chi connectivity index (χ3v) is 5.43. The molecule has 1 amide bonds. The third kappa shape index (κ3) is 4.80. The van der Waals surface area contributed by atoms with Crippen LogP contribution < -0.4 is 11.0 Å². The number of aromatic nitrogens is 2. The van der Waals surface area contributed by atoms with Crippen molar-refractivity contribution in [1.82, 2.24) is 15.2 Å². The van der Waals surface area contributed by atoms with Gasteiger partial charge in [-0.3, -0.25) is 14.7 Å². The molecule has 0 aliphatic rings. The Hall–Kier alpha value is -3.06. The Bertz CT molecular complexity index is 1010. The lowest BCUT2D eigenvalue weighted by atomic mass is 10.2. The second-order valence-corrected chi connectivity index (χ2v) is 7.63. The Balaban J connectivity index is 1.60. The lowest BCUT2D eigenvalue weighted by Crippen LogP contribution is -2.27. The molecule has 0 aliphatic carbocycles. The third-order valence-electron chi connectivity index (χ3n) is 4.21. The number of para-hydroxylation sites is 1. The molecule has 7 heteroatoms. The summed E-state index contributed by atoms with van der Waals surface area (Å²) < 4.78 is 1.46. The van der Waals surface area contributed by atoms with Crippen LogP contribution in [0.5, 0.6) is 0 Å². The maximum Gasteiger partial charge on any atom is 0.280 e. The van der Waals surface area contributed by atoms with Crippen molar-refractivity contribution in [2.45, 2.75) is 24.9 Å². The molecular formula is C21H22N4O2S. The second-order valence-electron chi connectivity index (χ2n) is 6.30. The highest BCUT2D eigenvalue weighted by Crippen LogP contribution is 2.17. The fourth-order valence-electron chi connectivity index (χ4n) is 2.59. The van der Waals surface area contributed by atoms with Crippen molar-refractivity contribution in [2.24, 2.45) is 5.10 Å². The molecule has 1 heterocycles. The number of hydrogen-bond donors (Lipinski definition) is 2. The predicted octanol–water partition coefficient (Wildman–Crippen LogP) is 3.25. The normalized spacial score (nSPS) is 12.2. The molecule has 0 fully saturated rings. The van der Waals surface area contributed by atoms with Crippen LogP contribution in [-0.2, 0) is 10.5 Å². The first-order valence-corrected chi connectivity index (χ1v) is 9.96. The maximum atomic E-state index is 12.6. The van der Waals surface area contributed by atoms with Gasteiger partial charge in [0.25, 0.3) is 11.5 Å². The molecule has 2 N–H and O–H groups in total. The summed E-state index contributed by atoms with van der Waals surface area (Å²) >= 11 is 1.53.